The first-order chi connectivity index (χ1) is 17.6. The second-order valence-electron chi connectivity index (χ2n) is 11.3. The van der Waals surface area contributed by atoms with E-state index in [0.29, 0.717) is 12.8 Å². The predicted molar refractivity (Wildman–Crippen MR) is 124 cm³/mol. The summed E-state index contributed by atoms with van der Waals surface area (Å²) in [5.41, 5.74) is 15.8. The van der Waals surface area contributed by atoms with Gasteiger partial charge in [0.2, 0.25) is 0 Å². The van der Waals surface area contributed by atoms with Crippen molar-refractivity contribution in [3.8, 4) is 0 Å². The molecule has 0 amide bonds. The second kappa shape index (κ2) is 10.4. The quantitative estimate of drug-likeness (QED) is 0.159. The standard InChI is InChI=1S/C23H41FN4O9/c1-28-15-17(32)18-13(33-20(15)35-21-16(31)12(30)6-22(7-25,8-29)36-21)4-11(27)19(34-18)37-23-5-9(23)2-10(26)3-14(23)24/h9-21,28-32H,2-8,25-27H2,1H3/t9?,10-,11?,12?,13+,14?,15?,16?,17?,18?,19-,20?,21+,22?,23-/m1/s1. The minimum atomic E-state index is -1.44. The lowest BCUT2D eigenvalue weighted by atomic mass is 9.89. The van der Waals surface area contributed by atoms with Crippen molar-refractivity contribution in [1.29, 1.82) is 0 Å². The monoisotopic (exact) mass is 536 g/mol. The first-order valence-electron chi connectivity index (χ1n) is 13.1. The van der Waals surface area contributed by atoms with Gasteiger partial charge in [0.1, 0.15) is 35.7 Å². The zero-order chi connectivity index (χ0) is 26.7. The number of aliphatic hydroxyl groups is 4. The Kier molecular flexibility index (Phi) is 7.88. The van der Waals surface area contributed by atoms with E-state index in [4.69, 9.17) is 40.9 Å². The molecule has 0 spiro atoms. The zero-order valence-corrected chi connectivity index (χ0v) is 20.9. The predicted octanol–water partition coefficient (Wildman–Crippen LogP) is -3.49. The fourth-order valence-electron chi connectivity index (χ4n) is 6.39. The second-order valence-corrected chi connectivity index (χ2v) is 11.3. The summed E-state index contributed by atoms with van der Waals surface area (Å²) in [5.74, 6) is 0.0203. The van der Waals surface area contributed by atoms with Crippen molar-refractivity contribution in [2.45, 2.75) is 117 Å². The number of rotatable bonds is 7. The van der Waals surface area contributed by atoms with E-state index in [1.807, 2.05) is 0 Å². The summed E-state index contributed by atoms with van der Waals surface area (Å²) in [4.78, 5) is 0. The van der Waals surface area contributed by atoms with Crippen LogP contribution < -0.4 is 22.5 Å². The molecule has 214 valence electrons. The molecule has 0 radical (unpaired) electrons. The maximum Gasteiger partial charge on any atom is 0.189 e. The van der Waals surface area contributed by atoms with E-state index in [0.717, 1.165) is 0 Å². The Morgan fingerprint density at radius 2 is 1.78 bits per heavy atom. The van der Waals surface area contributed by atoms with E-state index in [9.17, 15) is 24.8 Å². The third-order valence-corrected chi connectivity index (χ3v) is 8.76. The first kappa shape index (κ1) is 28.0. The Balaban J connectivity index is 1.27. The minimum Gasteiger partial charge on any atom is -0.393 e. The molecule has 3 heterocycles. The Morgan fingerprint density at radius 1 is 1.03 bits per heavy atom. The summed E-state index contributed by atoms with van der Waals surface area (Å²) in [6.07, 6.45) is -8.41. The highest BCUT2D eigenvalue weighted by Crippen LogP contribution is 2.58. The van der Waals surface area contributed by atoms with E-state index >= 15 is 0 Å². The van der Waals surface area contributed by atoms with Crippen molar-refractivity contribution < 1.29 is 48.5 Å². The van der Waals surface area contributed by atoms with Crippen LogP contribution in [0.25, 0.3) is 0 Å². The van der Waals surface area contributed by atoms with Gasteiger partial charge in [0.15, 0.2) is 18.9 Å². The minimum absolute atomic E-state index is 0.0203. The molecule has 5 rings (SSSR count). The van der Waals surface area contributed by atoms with Crippen LogP contribution in [0.5, 0.6) is 0 Å². The molecule has 3 aliphatic heterocycles. The van der Waals surface area contributed by atoms with Gasteiger partial charge in [0.25, 0.3) is 0 Å². The number of aliphatic hydroxyl groups excluding tert-OH is 4. The zero-order valence-electron chi connectivity index (χ0n) is 20.9. The van der Waals surface area contributed by atoms with E-state index in [-0.39, 0.29) is 37.8 Å². The topological polar surface area (TPSA) is 217 Å². The van der Waals surface area contributed by atoms with Crippen molar-refractivity contribution >= 4 is 0 Å². The molecule has 10 unspecified atom stereocenters. The van der Waals surface area contributed by atoms with Crippen LogP contribution in [0.3, 0.4) is 0 Å². The maximum absolute atomic E-state index is 14.9. The summed E-state index contributed by atoms with van der Waals surface area (Å²) in [6, 6.07) is -1.68. The van der Waals surface area contributed by atoms with Crippen LogP contribution in [0.1, 0.15) is 32.1 Å². The Morgan fingerprint density at radius 3 is 2.43 bits per heavy atom. The lowest BCUT2D eigenvalue weighted by molar-refractivity contribution is -0.381. The highest BCUT2D eigenvalue weighted by atomic mass is 19.1. The van der Waals surface area contributed by atoms with Gasteiger partial charge in [0.05, 0.1) is 30.9 Å². The van der Waals surface area contributed by atoms with Crippen LogP contribution in [0.4, 0.5) is 4.39 Å². The van der Waals surface area contributed by atoms with Gasteiger partial charge < -0.3 is 66.6 Å². The summed E-state index contributed by atoms with van der Waals surface area (Å²) in [6.45, 7) is -0.598. The third kappa shape index (κ3) is 4.94. The van der Waals surface area contributed by atoms with Gasteiger partial charge in [-0.05, 0) is 38.6 Å². The highest BCUT2D eigenvalue weighted by Gasteiger charge is 2.66. The Labute approximate surface area is 214 Å². The van der Waals surface area contributed by atoms with Crippen molar-refractivity contribution in [2.75, 3.05) is 20.2 Å². The van der Waals surface area contributed by atoms with Crippen LogP contribution in [0, 0.1) is 5.92 Å². The molecule has 2 saturated carbocycles. The van der Waals surface area contributed by atoms with Crippen molar-refractivity contribution in [3.63, 3.8) is 0 Å². The summed E-state index contributed by atoms with van der Waals surface area (Å²) < 4.78 is 44.9. The molecule has 0 aromatic heterocycles. The number of likely N-dealkylation sites (N-methyl/N-ethyl adjacent to an activating group) is 1. The normalized spacial score (nSPS) is 55.9. The van der Waals surface area contributed by atoms with Crippen LogP contribution in [0.15, 0.2) is 0 Å². The number of fused-ring (bicyclic) bond motifs is 2. The molecule has 0 bridgehead atoms. The lowest BCUT2D eigenvalue weighted by Crippen LogP contribution is -2.69. The average molecular weight is 537 g/mol. The molecule has 37 heavy (non-hydrogen) atoms. The summed E-state index contributed by atoms with van der Waals surface area (Å²) in [5, 5.41) is 44.7. The molecule has 15 atom stereocenters. The fourth-order valence-corrected chi connectivity index (χ4v) is 6.39. The number of hydrogen-bond acceptors (Lipinski definition) is 13. The van der Waals surface area contributed by atoms with Gasteiger partial charge in [-0.1, -0.05) is 0 Å². The maximum atomic E-state index is 14.9. The number of hydrogen-bond donors (Lipinski definition) is 8. The summed E-state index contributed by atoms with van der Waals surface area (Å²) in [7, 11) is 1.59. The number of ether oxygens (including phenoxy) is 5. The van der Waals surface area contributed by atoms with E-state index < -0.39 is 85.5 Å². The van der Waals surface area contributed by atoms with E-state index in [2.05, 4.69) is 5.32 Å². The highest BCUT2D eigenvalue weighted by molar-refractivity contribution is 5.15. The van der Waals surface area contributed by atoms with Gasteiger partial charge in [-0.3, -0.25) is 0 Å². The van der Waals surface area contributed by atoms with Crippen molar-refractivity contribution in [2.24, 2.45) is 23.1 Å². The average Bonchev–Trinajstić information content (AvgIpc) is 3.57. The SMILES string of the molecule is CNC1C(O[C@H]2OC(CN)(CO)CC(O)C2O)O[C@H]2CC(N)[C@@H](O[C@]34CC3C[C@@H](N)CC4F)OC2C1O. The first-order valence-corrected chi connectivity index (χ1v) is 13.1. The molecule has 3 saturated heterocycles. The van der Waals surface area contributed by atoms with Gasteiger partial charge in [-0.25, -0.2) is 4.39 Å². The molecule has 0 aromatic carbocycles. The van der Waals surface area contributed by atoms with E-state index in [1.54, 1.807) is 7.05 Å². The molecule has 2 aliphatic carbocycles. The number of alkyl halides is 1. The van der Waals surface area contributed by atoms with Gasteiger partial charge in [-0.15, -0.1) is 0 Å². The van der Waals surface area contributed by atoms with Crippen molar-refractivity contribution in [1.82, 2.24) is 5.32 Å². The molecule has 11 N–H and O–H groups in total. The fraction of sp³-hybridized carbons (Fsp3) is 1.00. The van der Waals surface area contributed by atoms with Gasteiger partial charge in [-0.2, -0.15) is 0 Å². The van der Waals surface area contributed by atoms with Crippen LogP contribution in [0.2, 0.25) is 0 Å². The molecular weight excluding hydrogens is 495 g/mol. The molecule has 14 heteroatoms. The lowest BCUT2D eigenvalue weighted by Gasteiger charge is -2.51. The van der Waals surface area contributed by atoms with Crippen LogP contribution in [-0.2, 0) is 23.7 Å². The molecule has 0 aromatic rings. The van der Waals surface area contributed by atoms with E-state index in [1.165, 1.54) is 0 Å². The molecule has 5 aliphatic rings. The van der Waals surface area contributed by atoms with Gasteiger partial charge >= 0.3 is 0 Å². The largest absolute Gasteiger partial charge is 0.393 e. The van der Waals surface area contributed by atoms with Crippen LogP contribution in [-0.4, -0.2) is 126 Å². The van der Waals surface area contributed by atoms with Gasteiger partial charge in [0, 0.05) is 19.0 Å². The Bertz CT molecular complexity index is 812. The molecule has 5 fully saturated rings. The van der Waals surface area contributed by atoms with Crippen molar-refractivity contribution in [3.05, 3.63) is 0 Å². The smallest absolute Gasteiger partial charge is 0.189 e. The number of nitrogens with one attached hydrogen (secondary N) is 1. The molecule has 13 nitrogen and oxygen atoms in total. The third-order valence-electron chi connectivity index (χ3n) is 8.76. The number of nitrogens with two attached hydrogens (primary N) is 3. The Hall–Kier alpha value is -0.590. The summed E-state index contributed by atoms with van der Waals surface area (Å²) >= 11 is 0. The number of halogens is 1. The van der Waals surface area contributed by atoms with Crippen LogP contribution >= 0.6 is 0 Å². The molecular formula is C23H41FN4O9.